The number of phenolic OH excluding ortho intramolecular Hbond substituents is 1. The van der Waals surface area contributed by atoms with Crippen LogP contribution in [-0.2, 0) is 16.0 Å². The van der Waals surface area contributed by atoms with Crippen LogP contribution in [0.3, 0.4) is 0 Å². The molecule has 1 saturated heterocycles. The summed E-state index contributed by atoms with van der Waals surface area (Å²) in [6.45, 7) is 8.33. The number of carbonyl (C=O) groups is 2. The molecule has 0 spiro atoms. The molecule has 3 rings (SSSR count). The Morgan fingerprint density at radius 3 is 2.58 bits per heavy atom. The Bertz CT molecular complexity index is 1120. The van der Waals surface area contributed by atoms with Crippen molar-refractivity contribution < 1.29 is 24.2 Å². The molecule has 0 bridgehead atoms. The van der Waals surface area contributed by atoms with Gasteiger partial charge in [-0.1, -0.05) is 6.08 Å². The number of rotatable bonds is 8. The van der Waals surface area contributed by atoms with Gasteiger partial charge in [-0.2, -0.15) is 0 Å². The summed E-state index contributed by atoms with van der Waals surface area (Å²) in [6.07, 6.45) is 3.94. The van der Waals surface area contributed by atoms with E-state index in [1.54, 1.807) is 47.4 Å². The fourth-order valence-corrected chi connectivity index (χ4v) is 4.33. The summed E-state index contributed by atoms with van der Waals surface area (Å²) < 4.78 is 10.3. The van der Waals surface area contributed by atoms with Gasteiger partial charge in [-0.15, -0.1) is 6.58 Å². The van der Waals surface area contributed by atoms with Crippen LogP contribution < -0.4 is 4.74 Å². The number of benzene rings is 2. The molecule has 1 heterocycles. The molecular formula is C25H26N2O5S. The molecule has 1 aliphatic rings. The highest BCUT2D eigenvalue weighted by molar-refractivity contribution is 8.18. The third-order valence-corrected chi connectivity index (χ3v) is 5.86. The lowest BCUT2D eigenvalue weighted by atomic mass is 10.1. The highest BCUT2D eigenvalue weighted by Crippen LogP contribution is 2.37. The number of phenols is 1. The summed E-state index contributed by atoms with van der Waals surface area (Å²) in [5.41, 5.74) is 2.46. The molecule has 172 valence electrons. The largest absolute Gasteiger partial charge is 0.504 e. The van der Waals surface area contributed by atoms with Gasteiger partial charge in [-0.25, -0.2) is 9.79 Å². The molecule has 0 unspecified atom stereocenters. The number of likely N-dealkylation sites (N-methyl/N-ethyl adjacent to an activating group) is 1. The molecule has 1 amide bonds. The average molecular weight is 467 g/mol. The van der Waals surface area contributed by atoms with E-state index in [0.717, 1.165) is 5.56 Å². The molecule has 1 aliphatic heterocycles. The minimum absolute atomic E-state index is 0.0807. The van der Waals surface area contributed by atoms with Gasteiger partial charge in [0.05, 0.1) is 29.9 Å². The Morgan fingerprint density at radius 1 is 1.24 bits per heavy atom. The van der Waals surface area contributed by atoms with E-state index in [1.807, 2.05) is 19.9 Å². The minimum atomic E-state index is -0.420. The summed E-state index contributed by atoms with van der Waals surface area (Å²) in [4.78, 5) is 31.3. The summed E-state index contributed by atoms with van der Waals surface area (Å²) >= 11 is 1.27. The van der Waals surface area contributed by atoms with Crippen LogP contribution in [0.1, 0.15) is 35.3 Å². The molecule has 2 aromatic carbocycles. The van der Waals surface area contributed by atoms with Crippen molar-refractivity contribution >= 4 is 40.6 Å². The van der Waals surface area contributed by atoms with Gasteiger partial charge in [0.2, 0.25) is 0 Å². The lowest BCUT2D eigenvalue weighted by Crippen LogP contribution is -2.28. The first-order chi connectivity index (χ1) is 15.9. The zero-order valence-corrected chi connectivity index (χ0v) is 19.6. The number of hydrogen-bond acceptors (Lipinski definition) is 7. The summed E-state index contributed by atoms with van der Waals surface area (Å²) in [6, 6.07) is 10.2. The number of amides is 1. The van der Waals surface area contributed by atoms with Crippen LogP contribution in [0, 0.1) is 0 Å². The second kappa shape index (κ2) is 10.9. The van der Waals surface area contributed by atoms with Crippen LogP contribution in [0.2, 0.25) is 0 Å². The van der Waals surface area contributed by atoms with Crippen LogP contribution in [-0.4, -0.2) is 47.3 Å². The van der Waals surface area contributed by atoms with Crippen LogP contribution in [0.25, 0.3) is 6.08 Å². The molecule has 0 saturated carbocycles. The average Bonchev–Trinajstić information content (AvgIpc) is 3.10. The van der Waals surface area contributed by atoms with Crippen LogP contribution in [0.5, 0.6) is 11.5 Å². The molecule has 33 heavy (non-hydrogen) atoms. The van der Waals surface area contributed by atoms with Gasteiger partial charge in [0.1, 0.15) is 0 Å². The second-order valence-corrected chi connectivity index (χ2v) is 8.05. The predicted octanol–water partition coefficient (Wildman–Crippen LogP) is 4.93. The van der Waals surface area contributed by atoms with Crippen molar-refractivity contribution in [2.24, 2.45) is 4.99 Å². The van der Waals surface area contributed by atoms with Crippen molar-refractivity contribution in [2.45, 2.75) is 20.3 Å². The van der Waals surface area contributed by atoms with Gasteiger partial charge < -0.3 is 14.6 Å². The van der Waals surface area contributed by atoms with E-state index < -0.39 is 5.97 Å². The van der Waals surface area contributed by atoms with E-state index in [2.05, 4.69) is 11.6 Å². The first-order valence-electron chi connectivity index (χ1n) is 10.5. The molecule has 0 radical (unpaired) electrons. The Kier molecular flexibility index (Phi) is 7.95. The smallest absolute Gasteiger partial charge is 0.337 e. The molecule has 0 aromatic heterocycles. The number of carbonyl (C=O) groups excluding carboxylic acids is 2. The molecule has 1 fully saturated rings. The summed E-state index contributed by atoms with van der Waals surface area (Å²) in [5, 5.41) is 11.0. The number of hydrogen-bond donors (Lipinski definition) is 1. The second-order valence-electron chi connectivity index (χ2n) is 7.05. The van der Waals surface area contributed by atoms with Crippen LogP contribution in [0.15, 0.2) is 59.0 Å². The maximum absolute atomic E-state index is 13.0. The van der Waals surface area contributed by atoms with Gasteiger partial charge in [-0.05, 0) is 80.1 Å². The number of esters is 1. The van der Waals surface area contributed by atoms with Crippen molar-refractivity contribution in [1.82, 2.24) is 4.90 Å². The topological polar surface area (TPSA) is 88.4 Å². The zero-order valence-electron chi connectivity index (χ0n) is 18.8. The third kappa shape index (κ3) is 5.46. The molecular weight excluding hydrogens is 440 g/mol. The molecule has 1 N–H and O–H groups in total. The first kappa shape index (κ1) is 24.1. The van der Waals surface area contributed by atoms with E-state index in [4.69, 9.17) is 9.47 Å². The summed E-state index contributed by atoms with van der Waals surface area (Å²) in [7, 11) is 1.33. The Labute approximate surface area is 197 Å². The quantitative estimate of drug-likeness (QED) is 0.337. The third-order valence-electron chi connectivity index (χ3n) is 4.86. The number of allylic oxidation sites excluding steroid dienone is 1. The zero-order chi connectivity index (χ0) is 24.0. The Balaban J connectivity index is 1.94. The number of aromatic hydroxyl groups is 1. The van der Waals surface area contributed by atoms with Crippen molar-refractivity contribution in [3.8, 4) is 11.5 Å². The van der Waals surface area contributed by atoms with Gasteiger partial charge in [-0.3, -0.25) is 9.69 Å². The Hall–Kier alpha value is -3.52. The number of nitrogens with zero attached hydrogens (tertiary/aromatic N) is 2. The highest BCUT2D eigenvalue weighted by Gasteiger charge is 2.32. The van der Waals surface area contributed by atoms with Crippen molar-refractivity contribution in [1.29, 1.82) is 0 Å². The van der Waals surface area contributed by atoms with Crippen LogP contribution >= 0.6 is 11.8 Å². The SMILES string of the molecule is C=CCc1cc(/C=C2/SC(=Nc3ccc(C(=O)OC)cc3)N(CC)C2=O)cc(OCC)c1O. The van der Waals surface area contributed by atoms with Gasteiger partial charge >= 0.3 is 5.97 Å². The van der Waals surface area contributed by atoms with Gasteiger partial charge in [0.15, 0.2) is 16.7 Å². The highest BCUT2D eigenvalue weighted by atomic mass is 32.2. The molecule has 0 atom stereocenters. The van der Waals surface area contributed by atoms with Crippen LogP contribution in [0.4, 0.5) is 5.69 Å². The fourth-order valence-electron chi connectivity index (χ4n) is 3.27. The molecule has 7 nitrogen and oxygen atoms in total. The maximum atomic E-state index is 13.0. The number of amidine groups is 1. The fraction of sp³-hybridized carbons (Fsp3) is 0.240. The minimum Gasteiger partial charge on any atom is -0.504 e. The lowest BCUT2D eigenvalue weighted by molar-refractivity contribution is -0.122. The standard InChI is InChI=1S/C25H26N2O5S/c1-5-8-18-13-16(14-20(22(18)28)32-7-3)15-21-23(29)27(6-2)25(33-21)26-19-11-9-17(10-12-19)24(30)31-4/h5,9-15,28H,1,6-8H2,2-4H3/b21-15+,26-25?. The van der Waals surface area contributed by atoms with E-state index >= 15 is 0 Å². The van der Waals surface area contributed by atoms with E-state index in [-0.39, 0.29) is 11.7 Å². The van der Waals surface area contributed by atoms with E-state index in [9.17, 15) is 14.7 Å². The van der Waals surface area contributed by atoms with Gasteiger partial charge in [0, 0.05) is 12.1 Å². The van der Waals surface area contributed by atoms with Crippen molar-refractivity contribution in [2.75, 3.05) is 20.3 Å². The number of methoxy groups -OCH3 is 1. The predicted molar refractivity (Wildman–Crippen MR) is 131 cm³/mol. The Morgan fingerprint density at radius 2 is 1.97 bits per heavy atom. The van der Waals surface area contributed by atoms with Crippen molar-refractivity contribution in [3.05, 3.63) is 70.6 Å². The lowest BCUT2D eigenvalue weighted by Gasteiger charge is -2.12. The first-order valence-corrected chi connectivity index (χ1v) is 11.3. The molecule has 8 heteroatoms. The molecule has 2 aromatic rings. The van der Waals surface area contributed by atoms with E-state index in [0.29, 0.717) is 52.2 Å². The number of ether oxygens (including phenoxy) is 2. The monoisotopic (exact) mass is 466 g/mol. The van der Waals surface area contributed by atoms with E-state index in [1.165, 1.54) is 18.9 Å². The van der Waals surface area contributed by atoms with Crippen molar-refractivity contribution in [3.63, 3.8) is 0 Å². The normalized spacial score (nSPS) is 15.8. The van der Waals surface area contributed by atoms with Gasteiger partial charge in [0.25, 0.3) is 5.91 Å². The number of thioether (sulfide) groups is 1. The molecule has 0 aliphatic carbocycles. The summed E-state index contributed by atoms with van der Waals surface area (Å²) in [5.74, 6) is -0.122. The number of aliphatic imine (C=N–C) groups is 1. The maximum Gasteiger partial charge on any atom is 0.337 e.